The second-order valence-electron chi connectivity index (χ2n) is 10.9. The Morgan fingerprint density at radius 1 is 1.19 bits per heavy atom. The molecule has 0 spiro atoms. The Morgan fingerprint density at radius 2 is 1.84 bits per heavy atom. The number of likely N-dealkylation sites (tertiary alicyclic amines) is 1. The minimum absolute atomic E-state index is 0.0255. The van der Waals surface area contributed by atoms with Crippen molar-refractivity contribution in [1.29, 1.82) is 0 Å². The predicted octanol–water partition coefficient (Wildman–Crippen LogP) is 3.62. The molecule has 0 aliphatic carbocycles. The van der Waals surface area contributed by atoms with Crippen molar-refractivity contribution in [2.75, 3.05) is 19.7 Å². The molecule has 170 valence electrons. The largest absolute Gasteiger partial charge is 0.459 e. The number of carbonyl (C=O) groups is 2. The van der Waals surface area contributed by atoms with Gasteiger partial charge in [0.25, 0.3) is 0 Å². The monoisotopic (exact) mass is 428 g/mol. The van der Waals surface area contributed by atoms with Crippen LogP contribution in [0.3, 0.4) is 0 Å². The summed E-state index contributed by atoms with van der Waals surface area (Å²) in [6.45, 7) is 15.4. The molecule has 3 fully saturated rings. The van der Waals surface area contributed by atoms with Crippen molar-refractivity contribution in [3.63, 3.8) is 0 Å². The van der Waals surface area contributed by atoms with Crippen LogP contribution in [0.1, 0.15) is 60.1 Å². The van der Waals surface area contributed by atoms with Gasteiger partial charge in [-0.15, -0.1) is 0 Å². The van der Waals surface area contributed by atoms with Crippen molar-refractivity contribution in [3.05, 3.63) is 35.9 Å². The minimum Gasteiger partial charge on any atom is -0.459 e. The number of esters is 1. The molecule has 1 aromatic rings. The zero-order valence-corrected chi connectivity index (χ0v) is 19.8. The molecule has 0 radical (unpaired) electrons. The van der Waals surface area contributed by atoms with Crippen LogP contribution < -0.4 is 0 Å². The van der Waals surface area contributed by atoms with E-state index in [2.05, 4.69) is 37.8 Å². The van der Waals surface area contributed by atoms with E-state index < -0.39 is 22.7 Å². The van der Waals surface area contributed by atoms with Gasteiger partial charge in [-0.05, 0) is 46.1 Å². The summed E-state index contributed by atoms with van der Waals surface area (Å²) in [5.41, 5.74) is -1.53. The molecule has 0 aromatic heterocycles. The van der Waals surface area contributed by atoms with Crippen molar-refractivity contribution in [1.82, 2.24) is 9.80 Å². The fraction of sp³-hybridized carbons (Fsp3) is 0.680. The molecule has 0 bridgehead atoms. The number of fused-ring (bicyclic) bond motifs is 3. The van der Waals surface area contributed by atoms with E-state index in [1.165, 1.54) is 5.56 Å². The molecule has 1 amide bonds. The molecule has 5 atom stereocenters. The smallest absolute Gasteiger partial charge is 0.324 e. The molecule has 0 N–H and O–H groups in total. The van der Waals surface area contributed by atoms with E-state index in [1.54, 1.807) is 0 Å². The third kappa shape index (κ3) is 3.30. The second-order valence-corrected chi connectivity index (χ2v) is 10.9. The van der Waals surface area contributed by atoms with Gasteiger partial charge in [0, 0.05) is 25.0 Å². The highest BCUT2D eigenvalue weighted by molar-refractivity contribution is 6.06. The van der Waals surface area contributed by atoms with Crippen molar-refractivity contribution in [2.24, 2.45) is 17.3 Å². The predicted molar refractivity (Wildman–Crippen MR) is 118 cm³/mol. The van der Waals surface area contributed by atoms with Gasteiger partial charge in [0.05, 0.1) is 12.6 Å². The first-order valence-electron chi connectivity index (χ1n) is 11.4. The van der Waals surface area contributed by atoms with Crippen molar-refractivity contribution >= 4 is 11.9 Å². The Morgan fingerprint density at radius 3 is 2.42 bits per heavy atom. The van der Waals surface area contributed by atoms with Crippen molar-refractivity contribution < 1.29 is 19.1 Å². The van der Waals surface area contributed by atoms with E-state index in [4.69, 9.17) is 9.47 Å². The zero-order chi connectivity index (χ0) is 22.8. The molecule has 31 heavy (non-hydrogen) atoms. The van der Waals surface area contributed by atoms with Crippen LogP contribution in [0, 0.1) is 17.3 Å². The van der Waals surface area contributed by atoms with Gasteiger partial charge in [0.2, 0.25) is 5.91 Å². The Kier molecular flexibility index (Phi) is 5.25. The highest BCUT2D eigenvalue weighted by Gasteiger charge is 2.76. The first kappa shape index (κ1) is 22.3. The molecule has 6 heteroatoms. The molecular weight excluding hydrogens is 392 g/mol. The van der Waals surface area contributed by atoms with Crippen molar-refractivity contribution in [2.45, 2.75) is 71.9 Å². The number of benzene rings is 1. The molecule has 3 heterocycles. The number of hydrogen-bond acceptors (Lipinski definition) is 5. The fourth-order valence-corrected chi connectivity index (χ4v) is 5.68. The molecular formula is C25H36N2O4. The number of hydrogen-bond donors (Lipinski definition) is 0. The molecule has 0 saturated carbocycles. The van der Waals surface area contributed by atoms with E-state index in [0.29, 0.717) is 19.7 Å². The highest BCUT2D eigenvalue weighted by Crippen LogP contribution is 2.58. The average molecular weight is 429 g/mol. The lowest BCUT2D eigenvalue weighted by Crippen LogP contribution is -2.51. The van der Waals surface area contributed by atoms with Gasteiger partial charge in [0.1, 0.15) is 11.3 Å². The lowest BCUT2D eigenvalue weighted by atomic mass is 9.76. The average Bonchev–Trinajstić information content (AvgIpc) is 3.30. The van der Waals surface area contributed by atoms with Crippen LogP contribution in [0.15, 0.2) is 30.3 Å². The van der Waals surface area contributed by atoms with Gasteiger partial charge in [0.15, 0.2) is 5.41 Å². The summed E-state index contributed by atoms with van der Waals surface area (Å²) in [7, 11) is 0. The maximum Gasteiger partial charge on any atom is 0.324 e. The summed E-state index contributed by atoms with van der Waals surface area (Å²) in [6, 6.07) is 10.3. The number of carbonyl (C=O) groups excluding carboxylic acids is 2. The SMILES string of the molecule is CC(C)[C@H]1CO[C@]2(C)[C@@H]3CN([C@H](C)c4ccccc4)C[C@]3(C(=O)OC(C)(C)C)C(=O)N12. The number of ether oxygens (including phenoxy) is 2. The quantitative estimate of drug-likeness (QED) is 0.542. The molecule has 3 saturated heterocycles. The van der Waals surface area contributed by atoms with Crippen LogP contribution in [0.2, 0.25) is 0 Å². The third-order valence-corrected chi connectivity index (χ3v) is 7.43. The van der Waals surface area contributed by atoms with E-state index in [9.17, 15) is 9.59 Å². The fourth-order valence-electron chi connectivity index (χ4n) is 5.68. The molecule has 6 nitrogen and oxygen atoms in total. The van der Waals surface area contributed by atoms with Crippen LogP contribution in [-0.4, -0.2) is 58.7 Å². The topological polar surface area (TPSA) is 59.1 Å². The van der Waals surface area contributed by atoms with Crippen LogP contribution >= 0.6 is 0 Å². The molecule has 3 aliphatic rings. The molecule has 4 rings (SSSR count). The summed E-state index contributed by atoms with van der Waals surface area (Å²) in [5.74, 6) is -0.579. The first-order chi connectivity index (χ1) is 14.4. The van der Waals surface area contributed by atoms with Crippen LogP contribution in [-0.2, 0) is 19.1 Å². The summed E-state index contributed by atoms with van der Waals surface area (Å²) >= 11 is 0. The third-order valence-electron chi connectivity index (χ3n) is 7.43. The maximum absolute atomic E-state index is 14.1. The van der Waals surface area contributed by atoms with Gasteiger partial charge in [-0.2, -0.15) is 0 Å². The Bertz CT molecular complexity index is 864. The summed E-state index contributed by atoms with van der Waals surface area (Å²) in [5, 5.41) is 0. The van der Waals surface area contributed by atoms with E-state index in [1.807, 2.05) is 50.8 Å². The van der Waals surface area contributed by atoms with Gasteiger partial charge < -0.3 is 14.4 Å². The zero-order valence-electron chi connectivity index (χ0n) is 19.8. The second kappa shape index (κ2) is 7.31. The highest BCUT2D eigenvalue weighted by atomic mass is 16.6. The van der Waals surface area contributed by atoms with Gasteiger partial charge in [-0.1, -0.05) is 44.2 Å². The molecule has 0 unspecified atom stereocenters. The van der Waals surface area contributed by atoms with Gasteiger partial charge >= 0.3 is 5.97 Å². The molecule has 3 aliphatic heterocycles. The van der Waals surface area contributed by atoms with Crippen molar-refractivity contribution in [3.8, 4) is 0 Å². The number of rotatable bonds is 4. The lowest BCUT2D eigenvalue weighted by Gasteiger charge is -2.36. The Balaban J connectivity index is 1.75. The summed E-state index contributed by atoms with van der Waals surface area (Å²) < 4.78 is 12.2. The van der Waals surface area contributed by atoms with E-state index in [-0.39, 0.29) is 29.8 Å². The standard InChI is InChI=1S/C25H36N2O4/c1-16(2)19-14-30-24(7)20-13-26(17(3)18-11-9-8-10-12-18)15-25(20,21(28)27(19)24)22(29)31-23(4,5)6/h8-12,16-17,19-20H,13-15H2,1-7H3/t17-,19-,20+,24-,25-/m1/s1. The summed E-state index contributed by atoms with van der Waals surface area (Å²) in [4.78, 5) is 31.9. The van der Waals surface area contributed by atoms with E-state index in [0.717, 1.165) is 0 Å². The van der Waals surface area contributed by atoms with Crippen LogP contribution in [0.25, 0.3) is 0 Å². The van der Waals surface area contributed by atoms with Crippen LogP contribution in [0.4, 0.5) is 0 Å². The normalized spacial score (nSPS) is 34.2. The van der Waals surface area contributed by atoms with Gasteiger partial charge in [-0.25, -0.2) is 0 Å². The number of amides is 1. The number of nitrogens with zero attached hydrogens (tertiary/aromatic N) is 2. The van der Waals surface area contributed by atoms with Crippen LogP contribution in [0.5, 0.6) is 0 Å². The van der Waals surface area contributed by atoms with E-state index >= 15 is 0 Å². The first-order valence-corrected chi connectivity index (χ1v) is 11.4. The minimum atomic E-state index is -1.24. The Hall–Kier alpha value is -1.92. The lowest BCUT2D eigenvalue weighted by molar-refractivity contribution is -0.172. The maximum atomic E-state index is 14.1. The Labute approximate surface area is 185 Å². The van der Waals surface area contributed by atoms with Gasteiger partial charge in [-0.3, -0.25) is 14.5 Å². The molecule has 1 aromatic carbocycles. The summed E-state index contributed by atoms with van der Waals surface area (Å²) in [6.07, 6.45) is 0.